The van der Waals surface area contributed by atoms with Gasteiger partial charge in [-0.15, -0.1) is 11.3 Å². The molecule has 0 aliphatic carbocycles. The zero-order valence-corrected chi connectivity index (χ0v) is 11.4. The van der Waals surface area contributed by atoms with E-state index in [9.17, 15) is 14.0 Å². The lowest BCUT2D eigenvalue weighted by atomic mass is 10.1. The van der Waals surface area contributed by atoms with Crippen LogP contribution in [-0.2, 0) is 0 Å². The molecule has 1 N–H and O–H groups in total. The van der Waals surface area contributed by atoms with E-state index in [1.54, 1.807) is 6.07 Å². The van der Waals surface area contributed by atoms with Gasteiger partial charge in [-0.3, -0.25) is 4.79 Å². The Morgan fingerprint density at radius 2 is 2.00 bits per heavy atom. The molecule has 4 nitrogen and oxygen atoms in total. The summed E-state index contributed by atoms with van der Waals surface area (Å²) in [7, 11) is 0. The first kappa shape index (κ1) is 13.1. The Bertz CT molecular complexity index is 750. The van der Waals surface area contributed by atoms with E-state index in [0.29, 0.717) is 10.4 Å². The molecule has 1 aromatic carbocycles. The van der Waals surface area contributed by atoms with E-state index < -0.39 is 17.2 Å². The van der Waals surface area contributed by atoms with Crippen molar-refractivity contribution in [3.05, 3.63) is 39.1 Å². The Morgan fingerprint density at radius 1 is 1.30 bits per heavy atom. The van der Waals surface area contributed by atoms with Gasteiger partial charge in [0.2, 0.25) is 5.43 Å². The van der Waals surface area contributed by atoms with Crippen molar-refractivity contribution < 1.29 is 14.3 Å². The number of halogens is 1. The molecule has 1 aromatic heterocycles. The predicted octanol–water partition coefficient (Wildman–Crippen LogP) is 2.70. The zero-order chi connectivity index (χ0) is 14.3. The quantitative estimate of drug-likeness (QED) is 0.925. The molecule has 0 amide bonds. The van der Waals surface area contributed by atoms with Crippen LogP contribution in [0.25, 0.3) is 10.1 Å². The smallest absolute Gasteiger partial charge is 0.340 e. The highest BCUT2D eigenvalue weighted by Crippen LogP contribution is 2.29. The van der Waals surface area contributed by atoms with Crippen LogP contribution in [0.2, 0.25) is 0 Å². The average molecular weight is 293 g/mol. The van der Waals surface area contributed by atoms with Gasteiger partial charge in [-0.1, -0.05) is 0 Å². The predicted molar refractivity (Wildman–Crippen MR) is 76.5 cm³/mol. The monoisotopic (exact) mass is 293 g/mol. The summed E-state index contributed by atoms with van der Waals surface area (Å²) in [5, 5.41) is 10.4. The first-order valence-electron chi connectivity index (χ1n) is 6.31. The second kappa shape index (κ2) is 4.86. The summed E-state index contributed by atoms with van der Waals surface area (Å²) in [4.78, 5) is 24.9. The van der Waals surface area contributed by atoms with Crippen molar-refractivity contribution in [2.45, 2.75) is 12.8 Å². The van der Waals surface area contributed by atoms with E-state index >= 15 is 0 Å². The van der Waals surface area contributed by atoms with Crippen LogP contribution in [0, 0.1) is 5.82 Å². The summed E-state index contributed by atoms with van der Waals surface area (Å²) in [6.45, 7) is 1.62. The van der Waals surface area contributed by atoms with Crippen LogP contribution >= 0.6 is 11.3 Å². The highest BCUT2D eigenvalue weighted by molar-refractivity contribution is 7.16. The molecule has 1 aliphatic heterocycles. The highest BCUT2D eigenvalue weighted by atomic mass is 32.1. The molecule has 1 aliphatic rings. The topological polar surface area (TPSA) is 57.6 Å². The Labute approximate surface area is 118 Å². The van der Waals surface area contributed by atoms with Gasteiger partial charge in [-0.2, -0.15) is 0 Å². The molecule has 104 valence electrons. The van der Waals surface area contributed by atoms with Gasteiger partial charge < -0.3 is 10.0 Å². The molecular weight excluding hydrogens is 281 g/mol. The van der Waals surface area contributed by atoms with E-state index in [1.165, 1.54) is 5.38 Å². The molecule has 1 fully saturated rings. The number of aromatic carboxylic acids is 1. The third-order valence-corrected chi connectivity index (χ3v) is 4.46. The molecule has 3 rings (SSSR count). The molecule has 1 saturated heterocycles. The van der Waals surface area contributed by atoms with Crippen molar-refractivity contribution in [1.82, 2.24) is 0 Å². The number of hydrogen-bond donors (Lipinski definition) is 1. The molecule has 0 radical (unpaired) electrons. The van der Waals surface area contributed by atoms with Crippen molar-refractivity contribution in [2.75, 3.05) is 18.0 Å². The first-order valence-corrected chi connectivity index (χ1v) is 7.19. The summed E-state index contributed by atoms with van der Waals surface area (Å²) >= 11 is 1.15. The fourth-order valence-corrected chi connectivity index (χ4v) is 3.40. The van der Waals surface area contributed by atoms with Crippen LogP contribution in [0.3, 0.4) is 0 Å². The summed E-state index contributed by atoms with van der Waals surface area (Å²) in [6.07, 6.45) is 2.07. The SMILES string of the molecule is O=C(O)c1csc2cc(N3CCCC3)c(F)cc2c1=O. The van der Waals surface area contributed by atoms with E-state index in [0.717, 1.165) is 43.3 Å². The average Bonchev–Trinajstić information content (AvgIpc) is 2.92. The maximum atomic E-state index is 14.2. The van der Waals surface area contributed by atoms with E-state index in [-0.39, 0.29) is 10.9 Å². The van der Waals surface area contributed by atoms with Crippen LogP contribution in [0.15, 0.2) is 22.3 Å². The standard InChI is InChI=1S/C14H12FNO3S/c15-10-5-8-12(6-11(10)16-3-1-2-4-16)20-7-9(13(8)17)14(18)19/h5-7H,1-4H2,(H,18,19). The molecule has 2 heterocycles. The second-order valence-corrected chi connectivity index (χ2v) is 5.69. The zero-order valence-electron chi connectivity index (χ0n) is 10.6. The fraction of sp³-hybridized carbons (Fsp3) is 0.286. The van der Waals surface area contributed by atoms with Crippen molar-refractivity contribution in [2.24, 2.45) is 0 Å². The molecule has 0 atom stereocenters. The Balaban J connectivity index is 2.20. The van der Waals surface area contributed by atoms with Crippen molar-refractivity contribution in [1.29, 1.82) is 0 Å². The van der Waals surface area contributed by atoms with Crippen LogP contribution in [-0.4, -0.2) is 24.2 Å². The maximum absolute atomic E-state index is 14.2. The van der Waals surface area contributed by atoms with Gasteiger partial charge in [0.15, 0.2) is 0 Å². The third-order valence-electron chi connectivity index (χ3n) is 3.52. The molecule has 0 spiro atoms. The minimum atomic E-state index is -1.28. The number of carbonyl (C=O) groups is 1. The van der Waals surface area contributed by atoms with Gasteiger partial charge in [-0.25, -0.2) is 9.18 Å². The van der Waals surface area contributed by atoms with Gasteiger partial charge in [0.25, 0.3) is 0 Å². The van der Waals surface area contributed by atoms with Crippen LogP contribution in [0.1, 0.15) is 23.2 Å². The molecule has 0 unspecified atom stereocenters. The molecule has 0 saturated carbocycles. The number of nitrogens with zero attached hydrogens (tertiary/aromatic N) is 1. The van der Waals surface area contributed by atoms with Crippen LogP contribution < -0.4 is 10.3 Å². The van der Waals surface area contributed by atoms with Gasteiger partial charge >= 0.3 is 5.97 Å². The molecule has 2 aromatic rings. The van der Waals surface area contributed by atoms with Crippen molar-refractivity contribution in [3.63, 3.8) is 0 Å². The Kier molecular flexibility index (Phi) is 3.17. The first-order chi connectivity index (χ1) is 9.58. The van der Waals surface area contributed by atoms with Crippen molar-refractivity contribution >= 4 is 33.1 Å². The lowest BCUT2D eigenvalue weighted by molar-refractivity contribution is 0.0696. The number of hydrogen-bond acceptors (Lipinski definition) is 4. The number of benzene rings is 1. The highest BCUT2D eigenvalue weighted by Gasteiger charge is 2.19. The van der Waals surface area contributed by atoms with Crippen LogP contribution in [0.4, 0.5) is 10.1 Å². The summed E-state index contributed by atoms with van der Waals surface area (Å²) in [5.74, 6) is -1.75. The Hall–Kier alpha value is -1.95. The lowest BCUT2D eigenvalue weighted by Gasteiger charge is -2.18. The molecular formula is C14H12FNO3S. The van der Waals surface area contributed by atoms with Gasteiger partial charge in [0.05, 0.1) is 5.69 Å². The van der Waals surface area contributed by atoms with Gasteiger partial charge in [0, 0.05) is 28.6 Å². The fourth-order valence-electron chi connectivity index (χ4n) is 2.49. The number of carboxylic acid groups (broad SMARTS) is 1. The lowest BCUT2D eigenvalue weighted by Crippen LogP contribution is -2.19. The molecule has 6 heteroatoms. The minimum absolute atomic E-state index is 0.135. The maximum Gasteiger partial charge on any atom is 0.340 e. The molecule has 20 heavy (non-hydrogen) atoms. The number of carboxylic acids is 1. The Morgan fingerprint density at radius 3 is 2.65 bits per heavy atom. The second-order valence-electron chi connectivity index (χ2n) is 4.78. The number of fused-ring (bicyclic) bond motifs is 1. The van der Waals surface area contributed by atoms with Crippen LogP contribution in [0.5, 0.6) is 0 Å². The molecule has 0 bridgehead atoms. The van der Waals surface area contributed by atoms with E-state index in [2.05, 4.69) is 0 Å². The van der Waals surface area contributed by atoms with Crippen molar-refractivity contribution in [3.8, 4) is 0 Å². The number of rotatable bonds is 2. The normalized spacial score (nSPS) is 14.9. The summed E-state index contributed by atoms with van der Waals surface area (Å²) in [6, 6.07) is 2.81. The summed E-state index contributed by atoms with van der Waals surface area (Å²) < 4.78 is 14.8. The van der Waals surface area contributed by atoms with Gasteiger partial charge in [0.1, 0.15) is 11.4 Å². The summed E-state index contributed by atoms with van der Waals surface area (Å²) in [5.41, 5.74) is -0.442. The van der Waals surface area contributed by atoms with E-state index in [1.807, 2.05) is 4.90 Å². The van der Waals surface area contributed by atoms with Gasteiger partial charge in [-0.05, 0) is 25.0 Å². The minimum Gasteiger partial charge on any atom is -0.478 e. The largest absolute Gasteiger partial charge is 0.478 e. The number of anilines is 1. The van der Waals surface area contributed by atoms with E-state index in [4.69, 9.17) is 5.11 Å². The third kappa shape index (κ3) is 2.06.